The van der Waals surface area contributed by atoms with E-state index in [1.807, 2.05) is 13.8 Å². The van der Waals surface area contributed by atoms with Gasteiger partial charge in [-0.25, -0.2) is 5.84 Å². The molecular weight excluding hydrogens is 236 g/mol. The van der Waals surface area contributed by atoms with E-state index in [1.165, 1.54) is 0 Å². The number of hydrogen-bond donors (Lipinski definition) is 3. The molecule has 0 saturated carbocycles. The van der Waals surface area contributed by atoms with E-state index in [4.69, 9.17) is 5.84 Å². The fraction of sp³-hybridized carbons (Fsp3) is 0.727. The van der Waals surface area contributed by atoms with Crippen LogP contribution >= 0.6 is 0 Å². The molecule has 7 nitrogen and oxygen atoms in total. The molecule has 7 heteroatoms. The van der Waals surface area contributed by atoms with Crippen LogP contribution in [0.15, 0.2) is 0 Å². The van der Waals surface area contributed by atoms with Crippen LogP contribution in [0, 0.1) is 5.92 Å². The number of imide groups is 1. The number of carbonyl (C=O) groups excluding carboxylic acids is 3. The summed E-state index contributed by atoms with van der Waals surface area (Å²) in [4.78, 5) is 36.7. The number of nitrogens with one attached hydrogen (secondary N) is 2. The maximum Gasteiger partial charge on any atom is 0.251 e. The first-order valence-corrected chi connectivity index (χ1v) is 5.83. The van der Waals surface area contributed by atoms with Gasteiger partial charge in [0.15, 0.2) is 0 Å². The highest BCUT2D eigenvalue weighted by Crippen LogP contribution is 2.24. The van der Waals surface area contributed by atoms with Crippen molar-refractivity contribution >= 4 is 17.7 Å². The number of rotatable bonds is 3. The second-order valence-corrected chi connectivity index (χ2v) is 5.26. The van der Waals surface area contributed by atoms with Crippen molar-refractivity contribution in [2.24, 2.45) is 11.8 Å². The first kappa shape index (κ1) is 14.6. The minimum Gasteiger partial charge on any atom is -0.294 e. The van der Waals surface area contributed by atoms with Crippen molar-refractivity contribution in [1.82, 2.24) is 15.6 Å². The van der Waals surface area contributed by atoms with E-state index < -0.39 is 29.3 Å². The van der Waals surface area contributed by atoms with Crippen LogP contribution in [0.4, 0.5) is 0 Å². The predicted molar refractivity (Wildman–Crippen MR) is 64.9 cm³/mol. The third-order valence-corrected chi connectivity index (χ3v) is 3.22. The van der Waals surface area contributed by atoms with Gasteiger partial charge in [-0.3, -0.25) is 30.0 Å². The second kappa shape index (κ2) is 5.03. The van der Waals surface area contributed by atoms with Crippen LogP contribution < -0.4 is 16.6 Å². The molecule has 0 aromatic carbocycles. The fourth-order valence-corrected chi connectivity index (χ4v) is 2.14. The van der Waals surface area contributed by atoms with Crippen molar-refractivity contribution in [3.8, 4) is 0 Å². The summed E-state index contributed by atoms with van der Waals surface area (Å²) in [5.41, 5.74) is 1.15. The quantitative estimate of drug-likeness (QED) is 0.253. The van der Waals surface area contributed by atoms with Crippen LogP contribution in [0.1, 0.15) is 27.7 Å². The minimum absolute atomic E-state index is 0.00495. The summed E-state index contributed by atoms with van der Waals surface area (Å²) in [5.74, 6) is 3.87. The van der Waals surface area contributed by atoms with Gasteiger partial charge in [0, 0.05) is 0 Å². The van der Waals surface area contributed by atoms with Gasteiger partial charge >= 0.3 is 0 Å². The number of nitrogens with zero attached hydrogens (tertiary/aromatic N) is 1. The summed E-state index contributed by atoms with van der Waals surface area (Å²) in [6.07, 6.45) is 0. The minimum atomic E-state index is -0.935. The first-order chi connectivity index (χ1) is 8.21. The average molecular weight is 256 g/mol. The standard InChI is InChI=1S/C11H20N4O3/c1-6(2)8(9(17)14-12)15-5-7(16)13-10(18)11(15,3)4/h6,8H,5,12H2,1-4H3,(H,14,17)(H,13,16,18). The van der Waals surface area contributed by atoms with Gasteiger partial charge in [-0.2, -0.15) is 0 Å². The molecule has 18 heavy (non-hydrogen) atoms. The smallest absolute Gasteiger partial charge is 0.251 e. The maximum absolute atomic E-state index is 11.8. The van der Waals surface area contributed by atoms with E-state index in [-0.39, 0.29) is 12.5 Å². The highest BCUT2D eigenvalue weighted by atomic mass is 16.2. The van der Waals surface area contributed by atoms with Crippen LogP contribution in [-0.4, -0.2) is 40.7 Å². The van der Waals surface area contributed by atoms with Gasteiger partial charge in [-0.15, -0.1) is 0 Å². The summed E-state index contributed by atoms with van der Waals surface area (Å²) in [6.45, 7) is 7.02. The number of nitrogens with two attached hydrogens (primary N) is 1. The molecule has 1 unspecified atom stereocenters. The Labute approximate surface area is 106 Å². The lowest BCUT2D eigenvalue weighted by molar-refractivity contribution is -0.151. The Morgan fingerprint density at radius 1 is 1.44 bits per heavy atom. The number of piperazine rings is 1. The third-order valence-electron chi connectivity index (χ3n) is 3.22. The molecule has 0 radical (unpaired) electrons. The van der Waals surface area contributed by atoms with E-state index >= 15 is 0 Å². The SMILES string of the molecule is CC(C)C(C(=O)NN)N1CC(=O)NC(=O)C1(C)C. The van der Waals surface area contributed by atoms with Crippen LogP contribution in [0.2, 0.25) is 0 Å². The molecule has 0 bridgehead atoms. The summed E-state index contributed by atoms with van der Waals surface area (Å²) in [7, 11) is 0. The molecule has 1 heterocycles. The van der Waals surface area contributed by atoms with Crippen molar-refractivity contribution in [3.05, 3.63) is 0 Å². The lowest BCUT2D eigenvalue weighted by Crippen LogP contribution is -2.69. The zero-order chi connectivity index (χ0) is 14.1. The molecule has 1 saturated heterocycles. The predicted octanol–water partition coefficient (Wildman–Crippen LogP) is -1.26. The molecule has 102 valence electrons. The lowest BCUT2D eigenvalue weighted by Gasteiger charge is -2.45. The lowest BCUT2D eigenvalue weighted by atomic mass is 9.91. The molecule has 1 aliphatic rings. The monoisotopic (exact) mass is 256 g/mol. The van der Waals surface area contributed by atoms with Gasteiger partial charge in [0.05, 0.1) is 18.1 Å². The number of hydrogen-bond acceptors (Lipinski definition) is 5. The summed E-state index contributed by atoms with van der Waals surface area (Å²) >= 11 is 0. The maximum atomic E-state index is 11.8. The highest BCUT2D eigenvalue weighted by Gasteiger charge is 2.46. The molecule has 1 atom stereocenters. The van der Waals surface area contributed by atoms with Gasteiger partial charge in [0.1, 0.15) is 0 Å². The summed E-state index contributed by atoms with van der Waals surface area (Å²) < 4.78 is 0. The highest BCUT2D eigenvalue weighted by molar-refractivity contribution is 6.03. The van der Waals surface area contributed by atoms with Gasteiger partial charge in [0.25, 0.3) is 5.91 Å². The van der Waals surface area contributed by atoms with Gasteiger partial charge < -0.3 is 0 Å². The summed E-state index contributed by atoms with van der Waals surface area (Å²) in [6, 6.07) is -0.625. The number of amides is 3. The fourth-order valence-electron chi connectivity index (χ4n) is 2.14. The molecule has 0 aromatic rings. The Morgan fingerprint density at radius 2 is 2.00 bits per heavy atom. The second-order valence-electron chi connectivity index (χ2n) is 5.26. The molecular formula is C11H20N4O3. The Kier molecular flexibility index (Phi) is 4.08. The Hall–Kier alpha value is -1.47. The molecule has 4 N–H and O–H groups in total. The Morgan fingerprint density at radius 3 is 2.44 bits per heavy atom. The van der Waals surface area contributed by atoms with Gasteiger partial charge in [-0.05, 0) is 19.8 Å². The van der Waals surface area contributed by atoms with E-state index in [0.29, 0.717) is 0 Å². The van der Waals surface area contributed by atoms with Crippen molar-refractivity contribution in [3.63, 3.8) is 0 Å². The van der Waals surface area contributed by atoms with E-state index in [0.717, 1.165) is 0 Å². The topological polar surface area (TPSA) is 105 Å². The van der Waals surface area contributed by atoms with E-state index in [2.05, 4.69) is 10.7 Å². The third kappa shape index (κ3) is 2.51. The molecule has 1 rings (SSSR count). The molecule has 0 spiro atoms. The molecule has 1 aliphatic heterocycles. The van der Waals surface area contributed by atoms with Gasteiger partial charge in [-0.1, -0.05) is 13.8 Å². The molecule has 3 amide bonds. The van der Waals surface area contributed by atoms with Crippen molar-refractivity contribution in [1.29, 1.82) is 0 Å². The van der Waals surface area contributed by atoms with Crippen molar-refractivity contribution in [2.75, 3.05) is 6.54 Å². The number of hydrazine groups is 1. The Balaban J connectivity index is 3.12. The van der Waals surface area contributed by atoms with Crippen LogP contribution in [0.3, 0.4) is 0 Å². The van der Waals surface area contributed by atoms with E-state index in [1.54, 1.807) is 18.7 Å². The van der Waals surface area contributed by atoms with Gasteiger partial charge in [0.2, 0.25) is 11.8 Å². The Bertz CT molecular complexity index is 378. The van der Waals surface area contributed by atoms with Crippen molar-refractivity contribution < 1.29 is 14.4 Å². The number of carbonyl (C=O) groups is 3. The molecule has 1 fully saturated rings. The summed E-state index contributed by atoms with van der Waals surface area (Å²) in [5, 5.41) is 2.27. The largest absolute Gasteiger partial charge is 0.294 e. The normalized spacial score (nSPS) is 21.7. The van der Waals surface area contributed by atoms with Crippen LogP contribution in [-0.2, 0) is 14.4 Å². The zero-order valence-corrected chi connectivity index (χ0v) is 11.1. The van der Waals surface area contributed by atoms with Crippen molar-refractivity contribution in [2.45, 2.75) is 39.3 Å². The molecule has 0 aromatic heterocycles. The molecule has 0 aliphatic carbocycles. The van der Waals surface area contributed by atoms with E-state index in [9.17, 15) is 14.4 Å². The zero-order valence-electron chi connectivity index (χ0n) is 11.1. The van der Waals surface area contributed by atoms with Crippen LogP contribution in [0.5, 0.6) is 0 Å². The van der Waals surface area contributed by atoms with Crippen LogP contribution in [0.25, 0.3) is 0 Å². The average Bonchev–Trinajstić information content (AvgIpc) is 2.25. The first-order valence-electron chi connectivity index (χ1n) is 5.83.